The SMILES string of the molecule is CC(NC(=O)C1CCN(S(=O)(=O)c2ccc(F)cc2)CC1)C(=O)NC1CC1. The van der Waals surface area contributed by atoms with Crippen LogP contribution in [0.25, 0.3) is 0 Å². The van der Waals surface area contributed by atoms with E-state index in [1.807, 2.05) is 0 Å². The van der Waals surface area contributed by atoms with Crippen LogP contribution in [0.3, 0.4) is 0 Å². The molecule has 1 aromatic carbocycles. The molecule has 1 unspecified atom stereocenters. The van der Waals surface area contributed by atoms with Crippen molar-refractivity contribution in [3.63, 3.8) is 0 Å². The summed E-state index contributed by atoms with van der Waals surface area (Å²) in [7, 11) is -3.70. The van der Waals surface area contributed by atoms with Crippen molar-refractivity contribution in [2.75, 3.05) is 13.1 Å². The Kier molecular flexibility index (Phi) is 5.81. The summed E-state index contributed by atoms with van der Waals surface area (Å²) in [5.74, 6) is -1.25. The first-order valence-corrected chi connectivity index (χ1v) is 10.6. The van der Waals surface area contributed by atoms with E-state index in [1.54, 1.807) is 6.92 Å². The lowest BCUT2D eigenvalue weighted by Crippen LogP contribution is -2.49. The molecule has 9 heteroatoms. The molecule has 1 saturated heterocycles. The smallest absolute Gasteiger partial charge is 0.243 e. The molecule has 1 aliphatic carbocycles. The monoisotopic (exact) mass is 397 g/mol. The van der Waals surface area contributed by atoms with E-state index in [4.69, 9.17) is 0 Å². The molecule has 148 valence electrons. The van der Waals surface area contributed by atoms with E-state index in [0.29, 0.717) is 12.8 Å². The first-order valence-electron chi connectivity index (χ1n) is 9.14. The highest BCUT2D eigenvalue weighted by Crippen LogP contribution is 2.24. The van der Waals surface area contributed by atoms with Gasteiger partial charge in [-0.05, 0) is 56.9 Å². The first kappa shape index (κ1) is 19.8. The number of nitrogens with zero attached hydrogens (tertiary/aromatic N) is 1. The third-order valence-electron chi connectivity index (χ3n) is 4.95. The Labute approximate surface area is 158 Å². The lowest BCUT2D eigenvalue weighted by atomic mass is 9.97. The normalized spacial score (nSPS) is 20.1. The predicted octanol–water partition coefficient (Wildman–Crippen LogP) is 1.01. The van der Waals surface area contributed by atoms with Crippen LogP contribution in [0.2, 0.25) is 0 Å². The Morgan fingerprint density at radius 2 is 1.70 bits per heavy atom. The second kappa shape index (κ2) is 7.93. The van der Waals surface area contributed by atoms with E-state index in [1.165, 1.54) is 16.4 Å². The number of nitrogens with one attached hydrogen (secondary N) is 2. The van der Waals surface area contributed by atoms with Gasteiger partial charge in [0.1, 0.15) is 11.9 Å². The summed E-state index contributed by atoms with van der Waals surface area (Å²) >= 11 is 0. The molecule has 0 bridgehead atoms. The fraction of sp³-hybridized carbons (Fsp3) is 0.556. The number of carbonyl (C=O) groups excluding carboxylic acids is 2. The summed E-state index contributed by atoms with van der Waals surface area (Å²) in [5, 5.41) is 5.56. The zero-order chi connectivity index (χ0) is 19.6. The molecule has 1 aliphatic heterocycles. The highest BCUT2D eigenvalue weighted by Gasteiger charge is 2.33. The van der Waals surface area contributed by atoms with Gasteiger partial charge in [0.2, 0.25) is 21.8 Å². The Bertz CT molecular complexity index is 800. The predicted molar refractivity (Wildman–Crippen MR) is 96.7 cm³/mol. The minimum absolute atomic E-state index is 0.0390. The molecular formula is C18H24FN3O4S. The maximum absolute atomic E-state index is 13.0. The summed E-state index contributed by atoms with van der Waals surface area (Å²) in [6.07, 6.45) is 2.72. The number of hydrogen-bond donors (Lipinski definition) is 2. The van der Waals surface area contributed by atoms with Crippen LogP contribution in [0.5, 0.6) is 0 Å². The highest BCUT2D eigenvalue weighted by atomic mass is 32.2. The van der Waals surface area contributed by atoms with Gasteiger partial charge in [-0.2, -0.15) is 4.31 Å². The van der Waals surface area contributed by atoms with Gasteiger partial charge in [-0.3, -0.25) is 9.59 Å². The first-order chi connectivity index (χ1) is 12.8. The topological polar surface area (TPSA) is 95.6 Å². The van der Waals surface area contributed by atoms with Gasteiger partial charge >= 0.3 is 0 Å². The largest absolute Gasteiger partial charge is 0.352 e. The summed E-state index contributed by atoms with van der Waals surface area (Å²) < 4.78 is 39.5. The standard InChI is InChI=1S/C18H24FN3O4S/c1-12(17(23)21-15-4-5-15)20-18(24)13-8-10-22(11-9-13)27(25,26)16-6-2-14(19)3-7-16/h2-3,6-7,12-13,15H,4-5,8-11H2,1H3,(H,20,24)(H,21,23). The van der Waals surface area contributed by atoms with E-state index in [0.717, 1.165) is 25.0 Å². The van der Waals surface area contributed by atoms with Crippen molar-refractivity contribution in [1.82, 2.24) is 14.9 Å². The molecule has 1 saturated carbocycles. The second-order valence-electron chi connectivity index (χ2n) is 7.15. The number of rotatable bonds is 6. The number of hydrogen-bond acceptors (Lipinski definition) is 4. The molecule has 3 rings (SSSR count). The van der Waals surface area contributed by atoms with Crippen LogP contribution < -0.4 is 10.6 Å². The van der Waals surface area contributed by atoms with Gasteiger partial charge in [-0.15, -0.1) is 0 Å². The number of carbonyl (C=O) groups is 2. The van der Waals surface area contributed by atoms with Gasteiger partial charge < -0.3 is 10.6 Å². The van der Waals surface area contributed by atoms with Gasteiger partial charge in [0.15, 0.2) is 0 Å². The fourth-order valence-electron chi connectivity index (χ4n) is 3.06. The molecule has 0 radical (unpaired) electrons. The maximum atomic E-state index is 13.0. The van der Waals surface area contributed by atoms with Crippen LogP contribution in [0.4, 0.5) is 4.39 Å². The van der Waals surface area contributed by atoms with E-state index >= 15 is 0 Å². The quantitative estimate of drug-likeness (QED) is 0.749. The van der Waals surface area contributed by atoms with Gasteiger partial charge in [-0.1, -0.05) is 0 Å². The molecule has 1 atom stereocenters. The van der Waals surface area contributed by atoms with Crippen molar-refractivity contribution < 1.29 is 22.4 Å². The summed E-state index contributed by atoms with van der Waals surface area (Å²) in [4.78, 5) is 24.4. The zero-order valence-corrected chi connectivity index (χ0v) is 16.0. The molecule has 0 aromatic heterocycles. The summed E-state index contributed by atoms with van der Waals surface area (Å²) in [6, 6.07) is 4.33. The molecule has 2 fully saturated rings. The number of halogens is 1. The average Bonchev–Trinajstić information content (AvgIpc) is 3.46. The molecule has 2 aliphatic rings. The number of amides is 2. The summed E-state index contributed by atoms with van der Waals surface area (Å²) in [6.45, 7) is 2.06. The molecule has 7 nitrogen and oxygen atoms in total. The lowest BCUT2D eigenvalue weighted by molar-refractivity contribution is -0.131. The molecule has 1 aromatic rings. The number of benzene rings is 1. The molecule has 27 heavy (non-hydrogen) atoms. The Balaban J connectivity index is 1.52. The van der Waals surface area contributed by atoms with Crippen molar-refractivity contribution in [2.45, 2.75) is 49.6 Å². The van der Waals surface area contributed by atoms with Gasteiger partial charge in [0.25, 0.3) is 0 Å². The molecule has 2 N–H and O–H groups in total. The minimum Gasteiger partial charge on any atom is -0.352 e. The lowest BCUT2D eigenvalue weighted by Gasteiger charge is -2.31. The molecular weight excluding hydrogens is 373 g/mol. The molecule has 2 amide bonds. The van der Waals surface area contributed by atoms with Gasteiger partial charge in [0.05, 0.1) is 4.90 Å². The third-order valence-corrected chi connectivity index (χ3v) is 6.86. The van der Waals surface area contributed by atoms with Crippen molar-refractivity contribution in [1.29, 1.82) is 0 Å². The number of sulfonamides is 1. The van der Waals surface area contributed by atoms with E-state index in [9.17, 15) is 22.4 Å². The van der Waals surface area contributed by atoms with Crippen molar-refractivity contribution in [2.24, 2.45) is 5.92 Å². The van der Waals surface area contributed by atoms with Crippen LogP contribution in [0, 0.1) is 11.7 Å². The van der Waals surface area contributed by atoms with Crippen molar-refractivity contribution in [3.8, 4) is 0 Å². The van der Waals surface area contributed by atoms with Crippen molar-refractivity contribution in [3.05, 3.63) is 30.1 Å². The third kappa shape index (κ3) is 4.84. The van der Waals surface area contributed by atoms with Crippen LogP contribution in [0.1, 0.15) is 32.6 Å². The van der Waals surface area contributed by atoms with Gasteiger partial charge in [-0.25, -0.2) is 12.8 Å². The fourth-order valence-corrected chi connectivity index (χ4v) is 4.53. The van der Waals surface area contributed by atoms with E-state index in [-0.39, 0.29) is 41.8 Å². The van der Waals surface area contributed by atoms with Crippen LogP contribution in [0.15, 0.2) is 29.2 Å². The Hall–Kier alpha value is -2.00. The van der Waals surface area contributed by atoms with Crippen molar-refractivity contribution >= 4 is 21.8 Å². The van der Waals surface area contributed by atoms with Crippen LogP contribution in [-0.2, 0) is 19.6 Å². The second-order valence-corrected chi connectivity index (χ2v) is 9.08. The average molecular weight is 397 g/mol. The van der Waals surface area contributed by atoms with E-state index < -0.39 is 21.9 Å². The number of piperidine rings is 1. The van der Waals surface area contributed by atoms with E-state index in [2.05, 4.69) is 10.6 Å². The maximum Gasteiger partial charge on any atom is 0.243 e. The summed E-state index contributed by atoms with van der Waals surface area (Å²) in [5.41, 5.74) is 0. The Morgan fingerprint density at radius 3 is 2.26 bits per heavy atom. The minimum atomic E-state index is -3.70. The van der Waals surface area contributed by atoms with Gasteiger partial charge in [0, 0.05) is 25.0 Å². The highest BCUT2D eigenvalue weighted by molar-refractivity contribution is 7.89. The van der Waals surface area contributed by atoms with Crippen LogP contribution in [-0.4, -0.2) is 49.7 Å². The van der Waals surface area contributed by atoms with Crippen LogP contribution >= 0.6 is 0 Å². The Morgan fingerprint density at radius 1 is 1.11 bits per heavy atom. The molecule has 1 heterocycles. The zero-order valence-electron chi connectivity index (χ0n) is 15.2. The molecule has 0 spiro atoms.